The fraction of sp³-hybridized carbons (Fsp3) is 0.214. The van der Waals surface area contributed by atoms with Crippen molar-refractivity contribution in [2.45, 2.75) is 13.5 Å². The van der Waals surface area contributed by atoms with Crippen molar-refractivity contribution < 1.29 is 13.9 Å². The molecule has 0 amide bonds. The van der Waals surface area contributed by atoms with Gasteiger partial charge in [0.15, 0.2) is 0 Å². The third-order valence-corrected chi connectivity index (χ3v) is 3.05. The summed E-state index contributed by atoms with van der Waals surface area (Å²) < 4.78 is 20.7. The van der Waals surface area contributed by atoms with Crippen molar-refractivity contribution in [3.63, 3.8) is 0 Å². The van der Waals surface area contributed by atoms with Crippen LogP contribution in [0.25, 0.3) is 0 Å². The third kappa shape index (κ3) is 3.44. The second kappa shape index (κ2) is 6.02. The summed E-state index contributed by atoms with van der Waals surface area (Å²) in [4.78, 5) is 11.7. The minimum Gasteiger partial charge on any atom is -0.461 e. The van der Waals surface area contributed by atoms with Crippen molar-refractivity contribution in [1.29, 1.82) is 0 Å². The Bertz CT molecular complexity index is 575. The molecule has 0 saturated carbocycles. The van der Waals surface area contributed by atoms with Crippen LogP contribution in [0.2, 0.25) is 0 Å². The number of carbonyl (C=O) groups is 1. The predicted octanol–water partition coefficient (Wildman–Crippen LogP) is 3.61. The number of rotatable bonds is 4. The summed E-state index contributed by atoms with van der Waals surface area (Å²) in [5, 5.41) is 0. The molecule has 0 fully saturated rings. The van der Waals surface area contributed by atoms with Crippen molar-refractivity contribution in [3.05, 3.63) is 58.1 Å². The van der Waals surface area contributed by atoms with Gasteiger partial charge in [-0.05, 0) is 42.8 Å². The molecule has 5 heteroatoms. The molecule has 0 spiro atoms. The molecule has 1 heterocycles. The highest BCUT2D eigenvalue weighted by molar-refractivity contribution is 9.10. The number of ether oxygens (including phenoxy) is 1. The summed E-state index contributed by atoms with van der Waals surface area (Å²) in [7, 11) is 0. The Morgan fingerprint density at radius 2 is 2.21 bits per heavy atom. The lowest BCUT2D eigenvalue weighted by atomic mass is 10.2. The topological polar surface area (TPSA) is 31.2 Å². The molecule has 19 heavy (non-hydrogen) atoms. The van der Waals surface area contributed by atoms with Gasteiger partial charge in [0.1, 0.15) is 11.5 Å². The van der Waals surface area contributed by atoms with E-state index >= 15 is 0 Å². The van der Waals surface area contributed by atoms with E-state index in [2.05, 4.69) is 15.9 Å². The fourth-order valence-electron chi connectivity index (χ4n) is 1.84. The van der Waals surface area contributed by atoms with Crippen molar-refractivity contribution in [2.24, 2.45) is 0 Å². The van der Waals surface area contributed by atoms with Gasteiger partial charge < -0.3 is 9.30 Å². The number of hydrogen-bond donors (Lipinski definition) is 0. The third-order valence-electron chi connectivity index (χ3n) is 2.59. The second-order valence-corrected chi connectivity index (χ2v) is 4.94. The first-order valence-electron chi connectivity index (χ1n) is 5.87. The molecule has 0 N–H and O–H groups in total. The minimum atomic E-state index is -0.372. The maximum absolute atomic E-state index is 13.3. The monoisotopic (exact) mass is 325 g/mol. The van der Waals surface area contributed by atoms with Crippen LogP contribution < -0.4 is 0 Å². The van der Waals surface area contributed by atoms with Crippen LogP contribution in [0.5, 0.6) is 0 Å². The van der Waals surface area contributed by atoms with Crippen molar-refractivity contribution in [1.82, 2.24) is 4.57 Å². The molecule has 0 bridgehead atoms. The maximum atomic E-state index is 13.3. The van der Waals surface area contributed by atoms with Gasteiger partial charge in [0.25, 0.3) is 0 Å². The Morgan fingerprint density at radius 3 is 2.89 bits per heavy atom. The molecule has 1 aromatic carbocycles. The molecular weight excluding hydrogens is 313 g/mol. The number of esters is 1. The van der Waals surface area contributed by atoms with Crippen LogP contribution in [0.1, 0.15) is 23.0 Å². The van der Waals surface area contributed by atoms with Gasteiger partial charge in [-0.2, -0.15) is 0 Å². The zero-order valence-electron chi connectivity index (χ0n) is 10.4. The first-order chi connectivity index (χ1) is 9.10. The van der Waals surface area contributed by atoms with E-state index in [1.54, 1.807) is 29.8 Å². The maximum Gasteiger partial charge on any atom is 0.354 e. The molecule has 2 rings (SSSR count). The zero-order chi connectivity index (χ0) is 13.8. The van der Waals surface area contributed by atoms with Gasteiger partial charge in [0, 0.05) is 17.2 Å². The molecule has 2 aromatic rings. The fourth-order valence-corrected chi connectivity index (χ4v) is 2.35. The van der Waals surface area contributed by atoms with E-state index < -0.39 is 0 Å². The highest BCUT2D eigenvalue weighted by Crippen LogP contribution is 2.17. The summed E-state index contributed by atoms with van der Waals surface area (Å²) in [5.74, 6) is -0.683. The van der Waals surface area contributed by atoms with E-state index in [0.717, 1.165) is 5.56 Å². The molecule has 0 aliphatic heterocycles. The van der Waals surface area contributed by atoms with Crippen LogP contribution in [0, 0.1) is 5.82 Å². The van der Waals surface area contributed by atoms with E-state index in [0.29, 0.717) is 23.3 Å². The lowest BCUT2D eigenvalue weighted by molar-refractivity contribution is 0.0514. The van der Waals surface area contributed by atoms with Crippen LogP contribution in [0.3, 0.4) is 0 Å². The van der Waals surface area contributed by atoms with Crippen molar-refractivity contribution in [3.8, 4) is 0 Å². The average Bonchev–Trinajstić information content (AvgIpc) is 2.76. The molecule has 0 aliphatic carbocycles. The van der Waals surface area contributed by atoms with Crippen LogP contribution in [-0.2, 0) is 11.3 Å². The summed E-state index contributed by atoms with van der Waals surface area (Å²) in [6, 6.07) is 8.11. The number of carbonyl (C=O) groups excluding carboxylic acids is 1. The zero-order valence-corrected chi connectivity index (χ0v) is 12.0. The van der Waals surface area contributed by atoms with Crippen LogP contribution >= 0.6 is 15.9 Å². The molecule has 0 unspecified atom stereocenters. The smallest absolute Gasteiger partial charge is 0.354 e. The molecule has 3 nitrogen and oxygen atoms in total. The van der Waals surface area contributed by atoms with Gasteiger partial charge in [-0.1, -0.05) is 15.9 Å². The Kier molecular flexibility index (Phi) is 4.37. The molecule has 100 valence electrons. The van der Waals surface area contributed by atoms with Crippen molar-refractivity contribution >= 4 is 21.9 Å². The van der Waals surface area contributed by atoms with Crippen LogP contribution in [0.4, 0.5) is 4.39 Å². The number of benzene rings is 1. The lowest BCUT2D eigenvalue weighted by Gasteiger charge is -2.09. The quantitative estimate of drug-likeness (QED) is 0.804. The standard InChI is InChI=1S/C14H13BrFNO2/c1-2-19-14(18)13-4-3-5-17(13)9-10-6-11(15)8-12(16)7-10/h3-8H,2,9H2,1H3. The molecule has 0 saturated heterocycles. The van der Waals surface area contributed by atoms with Gasteiger partial charge in [-0.15, -0.1) is 0 Å². The minimum absolute atomic E-state index is 0.311. The van der Waals surface area contributed by atoms with E-state index in [4.69, 9.17) is 4.74 Å². The number of nitrogens with zero attached hydrogens (tertiary/aromatic N) is 1. The Hall–Kier alpha value is -1.62. The summed E-state index contributed by atoms with van der Waals surface area (Å²) in [6.45, 7) is 2.50. The summed E-state index contributed by atoms with van der Waals surface area (Å²) in [6.07, 6.45) is 1.77. The van der Waals surface area contributed by atoms with E-state index in [-0.39, 0.29) is 11.8 Å². The van der Waals surface area contributed by atoms with Crippen LogP contribution in [0.15, 0.2) is 41.0 Å². The highest BCUT2D eigenvalue weighted by Gasteiger charge is 2.12. The van der Waals surface area contributed by atoms with Crippen LogP contribution in [-0.4, -0.2) is 17.1 Å². The molecule has 0 atom stereocenters. The molecule has 0 aliphatic rings. The molecule has 1 aromatic heterocycles. The van der Waals surface area contributed by atoms with Crippen molar-refractivity contribution in [2.75, 3.05) is 6.61 Å². The largest absolute Gasteiger partial charge is 0.461 e. The first kappa shape index (κ1) is 13.8. The van der Waals surface area contributed by atoms with E-state index in [1.165, 1.54) is 12.1 Å². The predicted molar refractivity (Wildman–Crippen MR) is 73.6 cm³/mol. The Morgan fingerprint density at radius 1 is 1.42 bits per heavy atom. The average molecular weight is 326 g/mol. The normalized spacial score (nSPS) is 10.5. The van der Waals surface area contributed by atoms with Gasteiger partial charge in [-0.25, -0.2) is 9.18 Å². The highest BCUT2D eigenvalue weighted by atomic mass is 79.9. The van der Waals surface area contributed by atoms with E-state index in [9.17, 15) is 9.18 Å². The second-order valence-electron chi connectivity index (χ2n) is 4.02. The SMILES string of the molecule is CCOC(=O)c1cccn1Cc1cc(F)cc(Br)c1. The molecule has 0 radical (unpaired) electrons. The van der Waals surface area contributed by atoms with E-state index in [1.807, 2.05) is 6.07 Å². The summed E-state index contributed by atoms with van der Waals surface area (Å²) in [5.41, 5.74) is 1.23. The Balaban J connectivity index is 2.24. The van der Waals surface area contributed by atoms with Gasteiger partial charge in [-0.3, -0.25) is 0 Å². The molecular formula is C14H13BrFNO2. The first-order valence-corrected chi connectivity index (χ1v) is 6.66. The number of hydrogen-bond acceptors (Lipinski definition) is 2. The number of halogens is 2. The number of aromatic nitrogens is 1. The van der Waals surface area contributed by atoms with Gasteiger partial charge >= 0.3 is 5.97 Å². The Labute approximate surface area is 119 Å². The van der Waals surface area contributed by atoms with Gasteiger partial charge in [0.2, 0.25) is 0 Å². The summed E-state index contributed by atoms with van der Waals surface area (Å²) >= 11 is 3.25. The van der Waals surface area contributed by atoms with Gasteiger partial charge in [0.05, 0.1) is 6.61 Å². The lowest BCUT2D eigenvalue weighted by Crippen LogP contribution is -2.12.